The molecule has 2 atom stereocenters. The van der Waals surface area contributed by atoms with Gasteiger partial charge in [-0.1, -0.05) is 20.3 Å². The predicted octanol–water partition coefficient (Wildman–Crippen LogP) is 3.53. The minimum absolute atomic E-state index is 0.429. The lowest BCUT2D eigenvalue weighted by Gasteiger charge is -2.19. The molecule has 0 fully saturated rings. The molecule has 0 saturated carbocycles. The minimum Gasteiger partial charge on any atom is -0.314 e. The average Bonchev–Trinajstić information content (AvgIpc) is 2.26. The van der Waals surface area contributed by atoms with Crippen molar-refractivity contribution in [3.63, 3.8) is 0 Å². The summed E-state index contributed by atoms with van der Waals surface area (Å²) in [5, 5.41) is 3.38. The second kappa shape index (κ2) is 6.70. The second-order valence-corrected chi connectivity index (χ2v) is 4.66. The molecule has 0 heterocycles. The molecule has 3 heteroatoms. The third-order valence-electron chi connectivity index (χ3n) is 3.30. The van der Waals surface area contributed by atoms with Gasteiger partial charge in [-0.25, -0.2) is 8.78 Å². The summed E-state index contributed by atoms with van der Waals surface area (Å²) in [6.45, 7) is 7.24. The molecule has 0 aliphatic rings. The van der Waals surface area contributed by atoms with Crippen LogP contribution in [-0.4, -0.2) is 12.6 Å². The van der Waals surface area contributed by atoms with Crippen LogP contribution < -0.4 is 5.32 Å². The molecule has 1 rings (SSSR count). The lowest BCUT2D eigenvalue weighted by atomic mass is 10.0. The van der Waals surface area contributed by atoms with E-state index >= 15 is 0 Å². The summed E-state index contributed by atoms with van der Waals surface area (Å²) in [6, 6.07) is 4.11. The number of rotatable bonds is 6. The van der Waals surface area contributed by atoms with Crippen molar-refractivity contribution < 1.29 is 8.78 Å². The minimum atomic E-state index is -0.505. The van der Waals surface area contributed by atoms with Crippen LogP contribution in [0.3, 0.4) is 0 Å². The fraction of sp³-hybridized carbons (Fsp3) is 0.571. The molecule has 1 N–H and O–H groups in total. The lowest BCUT2D eigenvalue weighted by molar-refractivity contribution is 0.393. The maximum Gasteiger partial charge on any atom is 0.126 e. The molecule has 0 amide bonds. The van der Waals surface area contributed by atoms with Gasteiger partial charge in [0.2, 0.25) is 0 Å². The Balaban J connectivity index is 2.40. The molecule has 0 spiro atoms. The topological polar surface area (TPSA) is 12.0 Å². The number of hydrogen-bond acceptors (Lipinski definition) is 1. The molecule has 0 aliphatic carbocycles. The van der Waals surface area contributed by atoms with Crippen LogP contribution in [-0.2, 0) is 6.42 Å². The van der Waals surface area contributed by atoms with E-state index in [0.29, 0.717) is 23.9 Å². The van der Waals surface area contributed by atoms with Gasteiger partial charge in [-0.05, 0) is 43.5 Å². The second-order valence-electron chi connectivity index (χ2n) is 4.66. The van der Waals surface area contributed by atoms with E-state index in [1.54, 1.807) is 0 Å². The molecule has 1 aromatic carbocycles. The number of halogens is 2. The molecule has 0 saturated heterocycles. The van der Waals surface area contributed by atoms with E-state index in [1.165, 1.54) is 12.1 Å². The Morgan fingerprint density at radius 3 is 2.24 bits per heavy atom. The molecule has 0 aliphatic heterocycles. The van der Waals surface area contributed by atoms with Gasteiger partial charge in [-0.2, -0.15) is 0 Å². The van der Waals surface area contributed by atoms with Crippen LogP contribution in [0.15, 0.2) is 18.2 Å². The summed E-state index contributed by atoms with van der Waals surface area (Å²) < 4.78 is 25.9. The van der Waals surface area contributed by atoms with E-state index in [4.69, 9.17) is 0 Å². The first kappa shape index (κ1) is 14.1. The first-order valence-electron chi connectivity index (χ1n) is 6.21. The van der Waals surface area contributed by atoms with Crippen molar-refractivity contribution in [1.82, 2.24) is 5.32 Å². The van der Waals surface area contributed by atoms with Crippen LogP contribution >= 0.6 is 0 Å². The van der Waals surface area contributed by atoms with Gasteiger partial charge < -0.3 is 5.32 Å². The zero-order valence-electron chi connectivity index (χ0n) is 10.8. The van der Waals surface area contributed by atoms with Gasteiger partial charge in [0.25, 0.3) is 0 Å². The zero-order chi connectivity index (χ0) is 12.8. The summed E-state index contributed by atoms with van der Waals surface area (Å²) >= 11 is 0. The van der Waals surface area contributed by atoms with E-state index in [9.17, 15) is 8.78 Å². The van der Waals surface area contributed by atoms with Crippen molar-refractivity contribution in [3.8, 4) is 0 Å². The first-order chi connectivity index (χ1) is 8.02. The highest BCUT2D eigenvalue weighted by atomic mass is 19.1. The number of benzene rings is 1. The molecule has 1 aromatic rings. The Kier molecular flexibility index (Phi) is 5.56. The Morgan fingerprint density at radius 1 is 1.12 bits per heavy atom. The Bertz CT molecular complexity index is 332. The van der Waals surface area contributed by atoms with E-state index in [-0.39, 0.29) is 0 Å². The summed E-state index contributed by atoms with van der Waals surface area (Å²) in [7, 11) is 0. The normalized spacial score (nSPS) is 14.6. The molecule has 2 unspecified atom stereocenters. The van der Waals surface area contributed by atoms with E-state index in [2.05, 4.69) is 26.1 Å². The predicted molar refractivity (Wildman–Crippen MR) is 67.0 cm³/mol. The lowest BCUT2D eigenvalue weighted by Crippen LogP contribution is -2.33. The smallest absolute Gasteiger partial charge is 0.126 e. The average molecular weight is 241 g/mol. The van der Waals surface area contributed by atoms with E-state index < -0.39 is 11.6 Å². The largest absolute Gasteiger partial charge is 0.314 e. The molecule has 0 bridgehead atoms. The highest BCUT2D eigenvalue weighted by Crippen LogP contribution is 2.09. The first-order valence-corrected chi connectivity index (χ1v) is 6.21. The van der Waals surface area contributed by atoms with Gasteiger partial charge in [-0.3, -0.25) is 0 Å². The third kappa shape index (κ3) is 4.82. The van der Waals surface area contributed by atoms with Crippen molar-refractivity contribution in [2.24, 2.45) is 5.92 Å². The monoisotopic (exact) mass is 241 g/mol. The van der Waals surface area contributed by atoms with Gasteiger partial charge in [0.15, 0.2) is 0 Å². The van der Waals surface area contributed by atoms with Crippen molar-refractivity contribution in [2.45, 2.75) is 39.7 Å². The summed E-state index contributed by atoms with van der Waals surface area (Å²) in [5.74, 6) is -0.399. The summed E-state index contributed by atoms with van der Waals surface area (Å²) in [5.41, 5.74) is 0.700. The van der Waals surface area contributed by atoms with Crippen LogP contribution in [0.2, 0.25) is 0 Å². The number of nitrogens with one attached hydrogen (secondary N) is 1. The maximum absolute atomic E-state index is 12.9. The Hall–Kier alpha value is -0.960. The van der Waals surface area contributed by atoms with Crippen LogP contribution in [0.25, 0.3) is 0 Å². The summed E-state index contributed by atoms with van der Waals surface area (Å²) in [4.78, 5) is 0. The fourth-order valence-electron chi connectivity index (χ4n) is 1.75. The Labute approximate surface area is 102 Å². The van der Waals surface area contributed by atoms with Crippen molar-refractivity contribution in [2.75, 3.05) is 6.54 Å². The zero-order valence-corrected chi connectivity index (χ0v) is 10.8. The molecule has 0 radical (unpaired) electrons. The van der Waals surface area contributed by atoms with Gasteiger partial charge in [-0.15, -0.1) is 0 Å². The highest BCUT2D eigenvalue weighted by Gasteiger charge is 2.08. The fourth-order valence-corrected chi connectivity index (χ4v) is 1.75. The van der Waals surface area contributed by atoms with E-state index in [0.717, 1.165) is 19.0 Å². The van der Waals surface area contributed by atoms with Crippen LogP contribution in [0.1, 0.15) is 32.8 Å². The van der Waals surface area contributed by atoms with E-state index in [1.807, 2.05) is 0 Å². The SMILES string of the molecule is CCC(C)C(C)NCCc1cc(F)cc(F)c1. The van der Waals surface area contributed by atoms with Crippen molar-refractivity contribution >= 4 is 0 Å². The number of hydrogen-bond donors (Lipinski definition) is 1. The van der Waals surface area contributed by atoms with Gasteiger partial charge >= 0.3 is 0 Å². The van der Waals surface area contributed by atoms with Gasteiger partial charge in [0.1, 0.15) is 11.6 Å². The van der Waals surface area contributed by atoms with Crippen LogP contribution in [0.5, 0.6) is 0 Å². The Morgan fingerprint density at radius 2 is 1.71 bits per heavy atom. The summed E-state index contributed by atoms with van der Waals surface area (Å²) in [6.07, 6.45) is 1.78. The molecule has 96 valence electrons. The quantitative estimate of drug-likeness (QED) is 0.803. The van der Waals surface area contributed by atoms with Crippen LogP contribution in [0, 0.1) is 17.6 Å². The highest BCUT2D eigenvalue weighted by molar-refractivity contribution is 5.18. The molecule has 1 nitrogen and oxygen atoms in total. The standard InChI is InChI=1S/C14H21F2N/c1-4-10(2)11(3)17-6-5-12-7-13(15)9-14(16)8-12/h7-11,17H,4-6H2,1-3H3. The third-order valence-corrected chi connectivity index (χ3v) is 3.30. The van der Waals surface area contributed by atoms with Crippen molar-refractivity contribution in [3.05, 3.63) is 35.4 Å². The maximum atomic E-state index is 12.9. The molecule has 17 heavy (non-hydrogen) atoms. The van der Waals surface area contributed by atoms with Crippen molar-refractivity contribution in [1.29, 1.82) is 0 Å². The van der Waals surface area contributed by atoms with Gasteiger partial charge in [0.05, 0.1) is 0 Å². The molecular formula is C14H21F2N. The van der Waals surface area contributed by atoms with Gasteiger partial charge in [0, 0.05) is 12.1 Å². The molecular weight excluding hydrogens is 220 g/mol. The van der Waals surface area contributed by atoms with Crippen LogP contribution in [0.4, 0.5) is 8.78 Å². The molecule has 0 aromatic heterocycles.